The van der Waals surface area contributed by atoms with Crippen LogP contribution in [0.4, 0.5) is 0 Å². The number of hydrogen-bond acceptors (Lipinski definition) is 3. The molecule has 0 amide bonds. The third-order valence-electron chi connectivity index (χ3n) is 1.57. The van der Waals surface area contributed by atoms with Gasteiger partial charge in [-0.2, -0.15) is 0 Å². The highest BCUT2D eigenvalue weighted by molar-refractivity contribution is 5.75. The minimum atomic E-state index is -1.09. The van der Waals surface area contributed by atoms with Gasteiger partial charge in [-0.1, -0.05) is 30.3 Å². The van der Waals surface area contributed by atoms with E-state index in [1.165, 1.54) is 0 Å². The van der Waals surface area contributed by atoms with Crippen molar-refractivity contribution in [3.8, 4) is 0 Å². The van der Waals surface area contributed by atoms with Crippen molar-refractivity contribution in [1.29, 1.82) is 5.39 Å². The van der Waals surface area contributed by atoms with E-state index in [2.05, 4.69) is 10.5 Å². The smallest absolute Gasteiger partial charge is 0.337 e. The minimum Gasteiger partial charge on any atom is -0.479 e. The van der Waals surface area contributed by atoms with E-state index in [-0.39, 0.29) is 0 Å². The number of aliphatic carboxylic acids is 1. The Morgan fingerprint density at radius 1 is 1.46 bits per heavy atom. The molecule has 0 aliphatic rings. The van der Waals surface area contributed by atoms with E-state index >= 15 is 0 Å². The number of rotatable bonds is 3. The predicted octanol–water partition coefficient (Wildman–Crippen LogP) is 1.17. The maximum absolute atomic E-state index is 10.7. The topological polar surface area (TPSA) is 77.5 Å². The zero-order valence-corrected chi connectivity index (χ0v) is 6.71. The van der Waals surface area contributed by atoms with Crippen molar-refractivity contribution < 1.29 is 9.90 Å². The normalized spacial score (nSPS) is 11.3. The van der Waals surface area contributed by atoms with Crippen LogP contribution < -0.4 is 5.43 Å². The van der Waals surface area contributed by atoms with Gasteiger partial charge in [-0.15, -0.1) is 0 Å². The van der Waals surface area contributed by atoms with E-state index in [9.17, 15) is 4.79 Å². The van der Waals surface area contributed by atoms with Crippen LogP contribution in [0.1, 0.15) is 11.6 Å². The highest BCUT2D eigenvalue weighted by Gasteiger charge is 2.23. The standard InChI is InChI=1S/C8H7N3O2/c9-11-10-7(8(12)13)6-4-2-1-3-5-6/h1-5,7,10H/p+1. The molecule has 0 fully saturated rings. The fourth-order valence-electron chi connectivity index (χ4n) is 0.976. The van der Waals surface area contributed by atoms with E-state index in [1.54, 1.807) is 30.3 Å². The van der Waals surface area contributed by atoms with Gasteiger partial charge in [0.2, 0.25) is 6.04 Å². The third kappa shape index (κ3) is 2.17. The van der Waals surface area contributed by atoms with Crippen LogP contribution in [0.3, 0.4) is 0 Å². The first-order valence-corrected chi connectivity index (χ1v) is 3.63. The van der Waals surface area contributed by atoms with Gasteiger partial charge in [-0.25, -0.2) is 4.79 Å². The van der Waals surface area contributed by atoms with Gasteiger partial charge < -0.3 is 5.11 Å². The quantitative estimate of drug-likeness (QED) is 0.538. The lowest BCUT2D eigenvalue weighted by Crippen LogP contribution is -2.22. The molecule has 0 saturated heterocycles. The number of carboxylic acids is 1. The molecular weight excluding hydrogens is 170 g/mol. The summed E-state index contributed by atoms with van der Waals surface area (Å²) >= 11 is 0. The summed E-state index contributed by atoms with van der Waals surface area (Å²) in [5.74, 6) is -1.09. The van der Waals surface area contributed by atoms with Crippen molar-refractivity contribution in [1.82, 2.24) is 5.43 Å². The van der Waals surface area contributed by atoms with Crippen LogP contribution in [0, 0.1) is 5.39 Å². The fourth-order valence-corrected chi connectivity index (χ4v) is 0.976. The lowest BCUT2D eigenvalue weighted by atomic mass is 10.1. The summed E-state index contributed by atoms with van der Waals surface area (Å²) in [7, 11) is 0. The zero-order chi connectivity index (χ0) is 9.68. The first-order valence-electron chi connectivity index (χ1n) is 3.63. The van der Waals surface area contributed by atoms with Crippen molar-refractivity contribution in [2.24, 2.45) is 0 Å². The Morgan fingerprint density at radius 2 is 2.08 bits per heavy atom. The second-order valence-electron chi connectivity index (χ2n) is 2.41. The SMILES string of the molecule is N#[N+]NC(C(=O)O)c1ccccc1. The number of carbonyl (C=O) groups is 1. The molecule has 0 bridgehead atoms. The molecule has 5 nitrogen and oxygen atoms in total. The summed E-state index contributed by atoms with van der Waals surface area (Å²) in [4.78, 5) is 10.7. The third-order valence-corrected chi connectivity index (χ3v) is 1.57. The molecule has 13 heavy (non-hydrogen) atoms. The maximum Gasteiger partial charge on any atom is 0.337 e. The maximum atomic E-state index is 10.7. The van der Waals surface area contributed by atoms with Crippen molar-refractivity contribution >= 4 is 5.97 Å². The molecule has 0 aromatic heterocycles. The van der Waals surface area contributed by atoms with Gasteiger partial charge in [0, 0.05) is 0 Å². The average Bonchev–Trinajstić information content (AvgIpc) is 2.15. The van der Waals surface area contributed by atoms with Crippen LogP contribution in [-0.4, -0.2) is 11.1 Å². The molecule has 0 radical (unpaired) electrons. The van der Waals surface area contributed by atoms with E-state index < -0.39 is 12.0 Å². The first-order chi connectivity index (χ1) is 6.25. The van der Waals surface area contributed by atoms with Gasteiger partial charge >= 0.3 is 11.1 Å². The van der Waals surface area contributed by atoms with Crippen LogP contribution in [0.5, 0.6) is 0 Å². The van der Waals surface area contributed by atoms with Crippen LogP contribution >= 0.6 is 0 Å². The number of nitrogens with zero attached hydrogens (tertiary/aromatic N) is 2. The summed E-state index contributed by atoms with van der Waals surface area (Å²) < 4.78 is 0. The van der Waals surface area contributed by atoms with Gasteiger partial charge in [0.1, 0.15) is 0 Å². The highest BCUT2D eigenvalue weighted by Crippen LogP contribution is 2.11. The molecule has 0 spiro atoms. The Labute approximate surface area is 74.6 Å². The van der Waals surface area contributed by atoms with Crippen molar-refractivity contribution in [2.75, 3.05) is 0 Å². The second-order valence-corrected chi connectivity index (χ2v) is 2.41. The molecular formula is C8H8N3O2+. The molecule has 2 N–H and O–H groups in total. The van der Waals surface area contributed by atoms with Gasteiger partial charge in [0.25, 0.3) is 5.39 Å². The average molecular weight is 178 g/mol. The van der Waals surface area contributed by atoms with E-state index in [0.29, 0.717) is 5.56 Å². The number of nitrogens with one attached hydrogen (secondary N) is 1. The Kier molecular flexibility index (Phi) is 2.82. The number of benzene rings is 1. The van der Waals surface area contributed by atoms with Gasteiger partial charge in [0.15, 0.2) is 0 Å². The lowest BCUT2D eigenvalue weighted by molar-refractivity contribution is -0.139. The second kappa shape index (κ2) is 4.07. The summed E-state index contributed by atoms with van der Waals surface area (Å²) in [5, 5.41) is 19.5. The Morgan fingerprint density at radius 3 is 2.54 bits per heavy atom. The van der Waals surface area contributed by atoms with E-state index in [4.69, 9.17) is 10.5 Å². The van der Waals surface area contributed by atoms with Crippen molar-refractivity contribution in [2.45, 2.75) is 6.04 Å². The Balaban J connectivity index is 2.90. The number of hydrogen-bond donors (Lipinski definition) is 2. The molecule has 0 aliphatic carbocycles. The Bertz CT molecular complexity index is 331. The monoisotopic (exact) mass is 178 g/mol. The summed E-state index contributed by atoms with van der Waals surface area (Å²) in [5.41, 5.74) is 2.61. The molecule has 5 heteroatoms. The molecule has 0 aliphatic heterocycles. The van der Waals surface area contributed by atoms with Crippen LogP contribution in [0.25, 0.3) is 5.08 Å². The molecule has 0 heterocycles. The summed E-state index contributed by atoms with van der Waals surface area (Å²) in [6, 6.07) is 7.47. The lowest BCUT2D eigenvalue weighted by Gasteiger charge is -2.03. The molecule has 1 aromatic rings. The summed E-state index contributed by atoms with van der Waals surface area (Å²) in [6.45, 7) is 0. The molecule has 1 unspecified atom stereocenters. The minimum absolute atomic E-state index is 0.535. The van der Waals surface area contributed by atoms with Gasteiger partial charge in [-0.3, -0.25) is 0 Å². The highest BCUT2D eigenvalue weighted by atomic mass is 16.4. The van der Waals surface area contributed by atoms with Gasteiger partial charge in [-0.05, 0) is 11.0 Å². The van der Waals surface area contributed by atoms with E-state index in [1.807, 2.05) is 0 Å². The molecule has 1 rings (SSSR count). The first kappa shape index (κ1) is 9.00. The molecule has 0 saturated carbocycles. The summed E-state index contributed by atoms with van der Waals surface area (Å²) in [6.07, 6.45) is 0. The predicted molar refractivity (Wildman–Crippen MR) is 45.0 cm³/mol. The fraction of sp³-hybridized carbons (Fsp3) is 0.125. The molecule has 66 valence electrons. The van der Waals surface area contributed by atoms with Crippen molar-refractivity contribution in [3.63, 3.8) is 0 Å². The Hall–Kier alpha value is -2.09. The van der Waals surface area contributed by atoms with E-state index in [0.717, 1.165) is 0 Å². The van der Waals surface area contributed by atoms with Crippen molar-refractivity contribution in [3.05, 3.63) is 41.0 Å². The van der Waals surface area contributed by atoms with Crippen LogP contribution in [-0.2, 0) is 4.79 Å². The molecule has 1 atom stereocenters. The van der Waals surface area contributed by atoms with Crippen LogP contribution in [0.2, 0.25) is 0 Å². The van der Waals surface area contributed by atoms with Gasteiger partial charge in [0.05, 0.1) is 0 Å². The molecule has 1 aromatic carbocycles. The largest absolute Gasteiger partial charge is 0.479 e. The number of carboxylic acid groups (broad SMARTS) is 1. The van der Waals surface area contributed by atoms with Crippen LogP contribution in [0.15, 0.2) is 30.3 Å². The number of diazo groups is 1. The zero-order valence-electron chi connectivity index (χ0n) is 6.71.